The molecule has 1 rings (SSSR count). The van der Waals surface area contributed by atoms with Crippen molar-refractivity contribution in [2.45, 2.75) is 39.7 Å². The van der Waals surface area contributed by atoms with Gasteiger partial charge in [-0.1, -0.05) is 18.6 Å². The fourth-order valence-electron chi connectivity index (χ4n) is 1.36. The van der Waals surface area contributed by atoms with Crippen molar-refractivity contribution in [3.05, 3.63) is 11.6 Å². The highest BCUT2D eigenvalue weighted by Crippen LogP contribution is 2.24. The number of hydrogen-bond donors (Lipinski definition) is 0. The molecular formula is C10H16O2. The van der Waals surface area contributed by atoms with E-state index in [9.17, 15) is 4.79 Å². The maximum atomic E-state index is 10.9. The van der Waals surface area contributed by atoms with E-state index >= 15 is 0 Å². The maximum absolute atomic E-state index is 10.9. The summed E-state index contributed by atoms with van der Waals surface area (Å²) in [5.41, 5.74) is 1.28. The molecule has 0 aromatic heterocycles. The van der Waals surface area contributed by atoms with Crippen molar-refractivity contribution in [3.63, 3.8) is 0 Å². The molecule has 0 aromatic rings. The van der Waals surface area contributed by atoms with E-state index in [0.717, 1.165) is 6.42 Å². The third-order valence-electron chi connectivity index (χ3n) is 2.16. The molecule has 0 saturated carbocycles. The summed E-state index contributed by atoms with van der Waals surface area (Å²) < 4.78 is 5.14. The summed E-state index contributed by atoms with van der Waals surface area (Å²) in [7, 11) is 0. The van der Waals surface area contributed by atoms with Gasteiger partial charge in [0.25, 0.3) is 0 Å². The summed E-state index contributed by atoms with van der Waals surface area (Å²) in [6.07, 6.45) is 3.70. The number of allylic oxidation sites excluding steroid dienone is 1. The fourth-order valence-corrected chi connectivity index (χ4v) is 1.36. The molecule has 0 bridgehead atoms. The highest BCUT2D eigenvalue weighted by atomic mass is 16.5. The van der Waals surface area contributed by atoms with Gasteiger partial charge in [-0.2, -0.15) is 0 Å². The number of rotatable bonds is 2. The van der Waals surface area contributed by atoms with Crippen LogP contribution >= 0.6 is 0 Å². The molecule has 1 heterocycles. The van der Waals surface area contributed by atoms with Crippen LogP contribution in [0.2, 0.25) is 0 Å². The second kappa shape index (κ2) is 3.74. The van der Waals surface area contributed by atoms with Crippen molar-refractivity contribution in [2.24, 2.45) is 5.92 Å². The molecule has 2 atom stereocenters. The second-order valence-corrected chi connectivity index (χ2v) is 3.73. The smallest absolute Gasteiger partial charge is 0.306 e. The SMILES string of the molecule is CC(C)=CCC1OC(=O)CC1C. The summed E-state index contributed by atoms with van der Waals surface area (Å²) in [5, 5.41) is 0. The van der Waals surface area contributed by atoms with Crippen molar-refractivity contribution in [3.8, 4) is 0 Å². The van der Waals surface area contributed by atoms with Crippen molar-refractivity contribution in [1.82, 2.24) is 0 Å². The van der Waals surface area contributed by atoms with E-state index in [4.69, 9.17) is 4.74 Å². The van der Waals surface area contributed by atoms with Crippen molar-refractivity contribution < 1.29 is 9.53 Å². The third kappa shape index (κ3) is 2.36. The molecule has 12 heavy (non-hydrogen) atoms. The Labute approximate surface area is 73.6 Å². The molecule has 0 spiro atoms. The summed E-state index contributed by atoms with van der Waals surface area (Å²) in [6, 6.07) is 0. The van der Waals surface area contributed by atoms with Gasteiger partial charge in [0.1, 0.15) is 6.10 Å². The lowest BCUT2D eigenvalue weighted by Gasteiger charge is -2.10. The average molecular weight is 168 g/mol. The highest BCUT2D eigenvalue weighted by Gasteiger charge is 2.29. The average Bonchev–Trinajstić information content (AvgIpc) is 2.26. The normalized spacial score (nSPS) is 28.4. The Bertz CT molecular complexity index is 202. The van der Waals surface area contributed by atoms with Crippen LogP contribution < -0.4 is 0 Å². The van der Waals surface area contributed by atoms with Gasteiger partial charge in [0.15, 0.2) is 0 Å². The van der Waals surface area contributed by atoms with Gasteiger partial charge in [-0.15, -0.1) is 0 Å². The first-order valence-electron chi connectivity index (χ1n) is 4.42. The first-order chi connectivity index (χ1) is 5.59. The Morgan fingerprint density at radius 1 is 1.67 bits per heavy atom. The van der Waals surface area contributed by atoms with Crippen LogP contribution in [-0.4, -0.2) is 12.1 Å². The molecule has 1 aliphatic rings. The Kier molecular flexibility index (Phi) is 2.90. The zero-order valence-corrected chi connectivity index (χ0v) is 7.96. The quantitative estimate of drug-likeness (QED) is 0.467. The van der Waals surface area contributed by atoms with Crippen molar-refractivity contribution in [2.75, 3.05) is 0 Å². The zero-order valence-electron chi connectivity index (χ0n) is 7.96. The van der Waals surface area contributed by atoms with E-state index in [0.29, 0.717) is 12.3 Å². The Morgan fingerprint density at radius 3 is 2.75 bits per heavy atom. The topological polar surface area (TPSA) is 26.3 Å². The van der Waals surface area contributed by atoms with Crippen LogP contribution in [0.1, 0.15) is 33.6 Å². The lowest BCUT2D eigenvalue weighted by atomic mass is 10.0. The number of ether oxygens (including phenoxy) is 1. The minimum absolute atomic E-state index is 0.0466. The highest BCUT2D eigenvalue weighted by molar-refractivity contribution is 5.72. The first kappa shape index (κ1) is 9.30. The van der Waals surface area contributed by atoms with Crippen LogP contribution in [-0.2, 0) is 9.53 Å². The van der Waals surface area contributed by atoms with Crippen molar-refractivity contribution >= 4 is 5.97 Å². The monoisotopic (exact) mass is 168 g/mol. The number of esters is 1. The fraction of sp³-hybridized carbons (Fsp3) is 0.700. The summed E-state index contributed by atoms with van der Waals surface area (Å²) in [6.45, 7) is 6.18. The number of carbonyl (C=O) groups excluding carboxylic acids is 1. The zero-order chi connectivity index (χ0) is 9.14. The third-order valence-corrected chi connectivity index (χ3v) is 2.16. The van der Waals surface area contributed by atoms with Gasteiger partial charge >= 0.3 is 5.97 Å². The molecule has 1 fully saturated rings. The molecule has 0 aromatic carbocycles. The van der Waals surface area contributed by atoms with Crippen LogP contribution in [0.5, 0.6) is 0 Å². The molecule has 0 amide bonds. The van der Waals surface area contributed by atoms with Crippen LogP contribution in [0.15, 0.2) is 11.6 Å². The molecule has 68 valence electrons. The molecule has 1 saturated heterocycles. The van der Waals surface area contributed by atoms with E-state index in [-0.39, 0.29) is 12.1 Å². The predicted octanol–water partition coefficient (Wildman–Crippen LogP) is 2.29. The maximum Gasteiger partial charge on any atom is 0.306 e. The van der Waals surface area contributed by atoms with Gasteiger partial charge in [0.05, 0.1) is 6.42 Å². The van der Waals surface area contributed by atoms with Gasteiger partial charge in [0, 0.05) is 12.3 Å². The molecule has 2 nitrogen and oxygen atoms in total. The van der Waals surface area contributed by atoms with Crippen LogP contribution in [0, 0.1) is 5.92 Å². The van der Waals surface area contributed by atoms with E-state index in [1.807, 2.05) is 0 Å². The minimum atomic E-state index is -0.0466. The minimum Gasteiger partial charge on any atom is -0.462 e. The Morgan fingerprint density at radius 2 is 2.33 bits per heavy atom. The van der Waals surface area contributed by atoms with Gasteiger partial charge in [-0.3, -0.25) is 4.79 Å². The first-order valence-corrected chi connectivity index (χ1v) is 4.42. The summed E-state index contributed by atoms with van der Waals surface area (Å²) in [4.78, 5) is 10.9. The molecule has 2 unspecified atom stereocenters. The van der Waals surface area contributed by atoms with Crippen LogP contribution in [0.4, 0.5) is 0 Å². The van der Waals surface area contributed by atoms with Gasteiger partial charge < -0.3 is 4.74 Å². The lowest BCUT2D eigenvalue weighted by Crippen LogP contribution is -2.11. The van der Waals surface area contributed by atoms with Crippen molar-refractivity contribution in [1.29, 1.82) is 0 Å². The predicted molar refractivity (Wildman–Crippen MR) is 47.7 cm³/mol. The standard InChI is InChI=1S/C10H16O2/c1-7(2)4-5-9-8(3)6-10(11)12-9/h4,8-9H,5-6H2,1-3H3. The lowest BCUT2D eigenvalue weighted by molar-refractivity contribution is -0.141. The van der Waals surface area contributed by atoms with E-state index in [1.165, 1.54) is 5.57 Å². The number of carbonyl (C=O) groups is 1. The summed E-state index contributed by atoms with van der Waals surface area (Å²) in [5.74, 6) is 0.336. The largest absolute Gasteiger partial charge is 0.462 e. The van der Waals surface area contributed by atoms with Gasteiger partial charge in [-0.05, 0) is 13.8 Å². The molecule has 2 heteroatoms. The molecule has 0 aliphatic carbocycles. The molecule has 0 radical (unpaired) electrons. The Hall–Kier alpha value is -0.790. The molecule has 0 N–H and O–H groups in total. The number of hydrogen-bond acceptors (Lipinski definition) is 2. The van der Waals surface area contributed by atoms with E-state index in [1.54, 1.807) is 0 Å². The Balaban J connectivity index is 2.43. The van der Waals surface area contributed by atoms with E-state index < -0.39 is 0 Å². The van der Waals surface area contributed by atoms with Crippen LogP contribution in [0.25, 0.3) is 0 Å². The summed E-state index contributed by atoms with van der Waals surface area (Å²) >= 11 is 0. The number of cyclic esters (lactones) is 1. The van der Waals surface area contributed by atoms with Crippen LogP contribution in [0.3, 0.4) is 0 Å². The van der Waals surface area contributed by atoms with E-state index in [2.05, 4.69) is 26.8 Å². The molecular weight excluding hydrogens is 152 g/mol. The second-order valence-electron chi connectivity index (χ2n) is 3.73. The van der Waals surface area contributed by atoms with Gasteiger partial charge in [0.2, 0.25) is 0 Å². The van der Waals surface area contributed by atoms with Gasteiger partial charge in [-0.25, -0.2) is 0 Å². The molecule has 1 aliphatic heterocycles.